The van der Waals surface area contributed by atoms with Crippen molar-refractivity contribution in [2.24, 2.45) is 11.8 Å². The Bertz CT molecular complexity index is 1410. The first-order chi connectivity index (χ1) is 22.3. The molecule has 3 aliphatic heterocycles. The molecular weight excluding hydrogens is 596 g/mol. The highest BCUT2D eigenvalue weighted by Gasteiger charge is 2.74. The Morgan fingerprint density at radius 2 is 1.65 bits per heavy atom. The number of aliphatic hydroxyl groups excluding tert-OH is 1. The maximum atomic E-state index is 15.1. The van der Waals surface area contributed by atoms with E-state index in [1.165, 1.54) is 0 Å². The summed E-state index contributed by atoms with van der Waals surface area (Å²) in [6.07, 6.45) is 5.64. The molecule has 3 fully saturated rings. The molecule has 0 radical (unpaired) electrons. The van der Waals surface area contributed by atoms with Gasteiger partial charge in [0, 0.05) is 49.3 Å². The summed E-state index contributed by atoms with van der Waals surface area (Å²) in [7, 11) is 0. The quantitative estimate of drug-likeness (QED) is 0.265. The van der Waals surface area contributed by atoms with E-state index in [4.69, 9.17) is 0 Å². The van der Waals surface area contributed by atoms with Crippen LogP contribution in [0.1, 0.15) is 51.6 Å². The van der Waals surface area contributed by atoms with Crippen LogP contribution in [0, 0.1) is 11.8 Å². The number of hydrogen-bond donors (Lipinski definition) is 1. The number of likely N-dealkylation sites (tertiary alicyclic amines) is 1. The van der Waals surface area contributed by atoms with E-state index in [0.29, 0.717) is 19.5 Å². The summed E-state index contributed by atoms with van der Waals surface area (Å²) in [4.78, 5) is 51.5. The molecule has 46 heavy (non-hydrogen) atoms. The summed E-state index contributed by atoms with van der Waals surface area (Å²) in [5, 5.41) is 10.8. The van der Waals surface area contributed by atoms with E-state index in [2.05, 4.69) is 31.9 Å². The first kappa shape index (κ1) is 33.8. The molecule has 6 atom stereocenters. The fourth-order valence-electron chi connectivity index (χ4n) is 7.98. The smallest absolute Gasteiger partial charge is 0.251 e. The van der Waals surface area contributed by atoms with Gasteiger partial charge in [-0.25, -0.2) is 0 Å². The zero-order chi connectivity index (χ0) is 33.0. The van der Waals surface area contributed by atoms with E-state index in [1.54, 1.807) is 33.7 Å². The lowest BCUT2D eigenvalue weighted by atomic mass is 9.70. The summed E-state index contributed by atoms with van der Waals surface area (Å²) in [6, 6.07) is 15.8. The lowest BCUT2D eigenvalue weighted by molar-refractivity contribution is -0.145. The Hall–Kier alpha value is -3.56. The zero-order valence-electron chi connectivity index (χ0n) is 27.4. The number of amides is 3. The number of aliphatic hydroxyl groups is 1. The summed E-state index contributed by atoms with van der Waals surface area (Å²) >= 11 is 1.65. The van der Waals surface area contributed by atoms with Crippen LogP contribution >= 0.6 is 11.8 Å². The van der Waals surface area contributed by atoms with Crippen molar-refractivity contribution in [3.63, 3.8) is 0 Å². The molecule has 1 spiro atoms. The van der Waals surface area contributed by atoms with E-state index in [-0.39, 0.29) is 36.1 Å². The molecule has 0 aliphatic carbocycles. The van der Waals surface area contributed by atoms with Crippen LogP contribution in [0.25, 0.3) is 0 Å². The molecule has 2 aromatic rings. The first-order valence-corrected chi connectivity index (χ1v) is 17.5. The van der Waals surface area contributed by atoms with Gasteiger partial charge in [0.2, 0.25) is 11.8 Å². The first-order valence-electron chi connectivity index (χ1n) is 16.6. The molecule has 0 saturated carbocycles. The van der Waals surface area contributed by atoms with Crippen molar-refractivity contribution in [2.75, 3.05) is 49.1 Å². The van der Waals surface area contributed by atoms with Gasteiger partial charge in [0.25, 0.3) is 5.91 Å². The minimum atomic E-state index is -0.864. The largest absolute Gasteiger partial charge is 0.394 e. The Labute approximate surface area is 278 Å². The Kier molecular flexibility index (Phi) is 10.6. The molecule has 1 N–H and O–H groups in total. The highest BCUT2D eigenvalue weighted by Crippen LogP contribution is 2.67. The fraction of sp³-hybridized carbons (Fsp3) is 0.486. The number of nitrogens with zero attached hydrogens (tertiary/aromatic N) is 4. The van der Waals surface area contributed by atoms with Gasteiger partial charge in [0.15, 0.2) is 0 Å². The van der Waals surface area contributed by atoms with Crippen molar-refractivity contribution in [3.05, 3.63) is 85.5 Å². The topological polar surface area (TPSA) is 84.4 Å². The zero-order valence-corrected chi connectivity index (χ0v) is 28.2. The fourth-order valence-corrected chi connectivity index (χ4v) is 10.2. The van der Waals surface area contributed by atoms with Crippen molar-refractivity contribution >= 4 is 40.9 Å². The van der Waals surface area contributed by atoms with Gasteiger partial charge in [-0.15, -0.1) is 24.9 Å². The lowest BCUT2D eigenvalue weighted by Crippen LogP contribution is -2.56. The van der Waals surface area contributed by atoms with Gasteiger partial charge in [-0.3, -0.25) is 14.4 Å². The molecule has 3 heterocycles. The van der Waals surface area contributed by atoms with Crippen molar-refractivity contribution in [3.8, 4) is 0 Å². The molecule has 0 aromatic heterocycles. The number of carbonyl (C=O) groups excluding carboxylic acids is 3. The summed E-state index contributed by atoms with van der Waals surface area (Å²) in [5.74, 6) is -1.66. The molecule has 246 valence electrons. The van der Waals surface area contributed by atoms with E-state index >= 15 is 4.79 Å². The standard InChI is InChI=1S/C37H48N4O4S/c1-6-22-39(23-7-2)34(43)31-30-20-21-37(46-30)32(31)35(44)41(29(25-42)26-14-12-11-13-15-26)33(37)36(45)40(24-8-3)28-18-16-27(17-19-28)38(9-4)10-5/h6,8,11-19,29-33,42H,1,3,7,9-10,20-25H2,2,4-5H3/t29-,30+,31-,32+,33?,37?/m1/s1. The number of thioether (sulfide) groups is 1. The highest BCUT2D eigenvalue weighted by atomic mass is 32.2. The predicted molar refractivity (Wildman–Crippen MR) is 187 cm³/mol. The van der Waals surface area contributed by atoms with E-state index in [9.17, 15) is 14.7 Å². The minimum Gasteiger partial charge on any atom is -0.394 e. The van der Waals surface area contributed by atoms with Gasteiger partial charge in [0.1, 0.15) is 6.04 Å². The number of fused-ring (bicyclic) bond motifs is 1. The third kappa shape index (κ3) is 5.77. The van der Waals surface area contributed by atoms with Gasteiger partial charge in [-0.05, 0) is 62.9 Å². The molecule has 8 nitrogen and oxygen atoms in total. The molecule has 2 aromatic carbocycles. The van der Waals surface area contributed by atoms with E-state index < -0.39 is 28.7 Å². The molecule has 3 amide bonds. The van der Waals surface area contributed by atoms with Crippen LogP contribution in [0.15, 0.2) is 79.9 Å². The van der Waals surface area contributed by atoms with Crippen molar-refractivity contribution in [1.29, 1.82) is 0 Å². The molecule has 3 aliphatic rings. The molecule has 5 rings (SSSR count). The van der Waals surface area contributed by atoms with Gasteiger partial charge >= 0.3 is 0 Å². The second-order valence-electron chi connectivity index (χ2n) is 12.4. The Morgan fingerprint density at radius 1 is 1.00 bits per heavy atom. The van der Waals surface area contributed by atoms with Gasteiger partial charge in [-0.1, -0.05) is 49.4 Å². The Morgan fingerprint density at radius 3 is 2.24 bits per heavy atom. The second kappa shape index (κ2) is 14.5. The normalized spacial score (nSPS) is 25.2. The van der Waals surface area contributed by atoms with E-state index in [0.717, 1.165) is 42.9 Å². The number of carbonyl (C=O) groups is 3. The van der Waals surface area contributed by atoms with Crippen LogP contribution in [0.2, 0.25) is 0 Å². The van der Waals surface area contributed by atoms with Crippen LogP contribution in [0.3, 0.4) is 0 Å². The van der Waals surface area contributed by atoms with Crippen LogP contribution < -0.4 is 9.80 Å². The summed E-state index contributed by atoms with van der Waals surface area (Å²) in [6.45, 7) is 16.7. The molecule has 3 saturated heterocycles. The minimum absolute atomic E-state index is 0.0394. The summed E-state index contributed by atoms with van der Waals surface area (Å²) in [5.41, 5.74) is 2.55. The van der Waals surface area contributed by atoms with Crippen LogP contribution in [-0.4, -0.2) is 88.0 Å². The number of anilines is 2. The van der Waals surface area contributed by atoms with Gasteiger partial charge in [-0.2, -0.15) is 0 Å². The average Bonchev–Trinajstić information content (AvgIpc) is 3.72. The van der Waals surface area contributed by atoms with Crippen LogP contribution in [-0.2, 0) is 14.4 Å². The predicted octanol–water partition coefficient (Wildman–Crippen LogP) is 5.30. The molecular formula is C37H48N4O4S. The van der Waals surface area contributed by atoms with Gasteiger partial charge < -0.3 is 24.7 Å². The third-order valence-corrected chi connectivity index (χ3v) is 11.9. The SMILES string of the molecule is C=CCN(CCC)C(=O)[C@@H]1[C@@H]2CCC3(S2)C(C(=O)N(CC=C)c2ccc(N(CC)CC)cc2)N([C@H](CO)c2ccccc2)C(=O)[C@H]13. The van der Waals surface area contributed by atoms with Crippen LogP contribution in [0.4, 0.5) is 11.4 Å². The Balaban J connectivity index is 1.61. The number of hydrogen-bond acceptors (Lipinski definition) is 6. The maximum Gasteiger partial charge on any atom is 0.251 e. The highest BCUT2D eigenvalue weighted by molar-refractivity contribution is 8.02. The third-order valence-electron chi connectivity index (χ3n) is 9.97. The average molecular weight is 645 g/mol. The van der Waals surface area contributed by atoms with Gasteiger partial charge in [0.05, 0.1) is 29.2 Å². The van der Waals surface area contributed by atoms with E-state index in [1.807, 2.05) is 66.4 Å². The monoisotopic (exact) mass is 644 g/mol. The number of rotatable bonds is 15. The van der Waals surface area contributed by atoms with Crippen molar-refractivity contribution in [2.45, 2.75) is 62.1 Å². The van der Waals surface area contributed by atoms with Crippen molar-refractivity contribution in [1.82, 2.24) is 9.80 Å². The maximum absolute atomic E-state index is 15.1. The molecule has 2 bridgehead atoms. The summed E-state index contributed by atoms with van der Waals surface area (Å²) < 4.78 is -0.784. The second-order valence-corrected chi connectivity index (χ2v) is 14.0. The number of benzene rings is 2. The lowest BCUT2D eigenvalue weighted by Gasteiger charge is -2.40. The molecule has 2 unspecified atom stereocenters. The van der Waals surface area contributed by atoms with Crippen molar-refractivity contribution < 1.29 is 19.5 Å². The molecule has 9 heteroatoms. The van der Waals surface area contributed by atoms with Crippen LogP contribution in [0.5, 0.6) is 0 Å².